The standard InChI is InChI=1S/C17H26O5/c1-5-21-16(19)11-14(18)10-9-13-7-6-8-15(20-4)17(13)22-12(2)3/h6-8,12,14,18H,5,9-11H2,1-4H3. The molecule has 5 nitrogen and oxygen atoms in total. The van der Waals surface area contributed by atoms with Crippen LogP contribution < -0.4 is 9.47 Å². The molecule has 0 heterocycles. The lowest BCUT2D eigenvalue weighted by molar-refractivity contribution is -0.145. The fraction of sp³-hybridized carbons (Fsp3) is 0.588. The molecular weight excluding hydrogens is 284 g/mol. The van der Waals surface area contributed by atoms with E-state index >= 15 is 0 Å². The number of aryl methyl sites for hydroxylation is 1. The van der Waals surface area contributed by atoms with Gasteiger partial charge in [-0.3, -0.25) is 4.79 Å². The van der Waals surface area contributed by atoms with Crippen molar-refractivity contribution in [1.82, 2.24) is 0 Å². The summed E-state index contributed by atoms with van der Waals surface area (Å²) in [7, 11) is 1.60. The van der Waals surface area contributed by atoms with E-state index in [1.807, 2.05) is 32.0 Å². The Morgan fingerprint density at radius 1 is 1.32 bits per heavy atom. The van der Waals surface area contributed by atoms with Crippen LogP contribution in [0.1, 0.15) is 39.2 Å². The summed E-state index contributed by atoms with van der Waals surface area (Å²) in [5, 5.41) is 9.93. The fourth-order valence-electron chi connectivity index (χ4n) is 2.12. The summed E-state index contributed by atoms with van der Waals surface area (Å²) in [5.41, 5.74) is 0.955. The second kappa shape index (κ2) is 9.30. The predicted octanol–water partition coefficient (Wildman–Crippen LogP) is 2.73. The van der Waals surface area contributed by atoms with Crippen molar-refractivity contribution in [1.29, 1.82) is 0 Å². The van der Waals surface area contributed by atoms with E-state index < -0.39 is 6.10 Å². The summed E-state index contributed by atoms with van der Waals surface area (Å²) in [4.78, 5) is 11.4. The van der Waals surface area contributed by atoms with Crippen LogP contribution >= 0.6 is 0 Å². The minimum Gasteiger partial charge on any atom is -0.493 e. The van der Waals surface area contributed by atoms with Crippen molar-refractivity contribution in [3.63, 3.8) is 0 Å². The Bertz CT molecular complexity index is 470. The zero-order chi connectivity index (χ0) is 16.5. The second-order valence-corrected chi connectivity index (χ2v) is 5.32. The molecule has 0 spiro atoms. The van der Waals surface area contributed by atoms with Crippen LogP contribution in [0.3, 0.4) is 0 Å². The molecule has 1 rings (SSSR count). The monoisotopic (exact) mass is 310 g/mol. The lowest BCUT2D eigenvalue weighted by Crippen LogP contribution is -2.17. The number of aliphatic hydroxyl groups is 1. The van der Waals surface area contributed by atoms with Crippen LogP contribution in [-0.4, -0.2) is 37.0 Å². The van der Waals surface area contributed by atoms with E-state index in [4.69, 9.17) is 14.2 Å². The molecule has 1 aromatic carbocycles. The molecule has 22 heavy (non-hydrogen) atoms. The molecule has 5 heteroatoms. The molecule has 0 bridgehead atoms. The van der Waals surface area contributed by atoms with Gasteiger partial charge in [0.05, 0.1) is 32.3 Å². The summed E-state index contributed by atoms with van der Waals surface area (Å²) in [6.07, 6.45) is 0.370. The average molecular weight is 310 g/mol. The average Bonchev–Trinajstić information content (AvgIpc) is 2.45. The topological polar surface area (TPSA) is 65.0 Å². The van der Waals surface area contributed by atoms with Crippen molar-refractivity contribution < 1.29 is 24.1 Å². The molecule has 124 valence electrons. The predicted molar refractivity (Wildman–Crippen MR) is 84.3 cm³/mol. The highest BCUT2D eigenvalue weighted by atomic mass is 16.5. The van der Waals surface area contributed by atoms with Crippen molar-refractivity contribution in [3.05, 3.63) is 23.8 Å². The molecule has 0 radical (unpaired) electrons. The molecule has 0 saturated carbocycles. The lowest BCUT2D eigenvalue weighted by atomic mass is 10.0. The smallest absolute Gasteiger partial charge is 0.308 e. The molecule has 1 atom stereocenters. The van der Waals surface area contributed by atoms with Crippen LogP contribution in [-0.2, 0) is 16.0 Å². The third kappa shape index (κ3) is 5.93. The van der Waals surface area contributed by atoms with Crippen LogP contribution in [0.2, 0.25) is 0 Å². The van der Waals surface area contributed by atoms with Gasteiger partial charge in [-0.2, -0.15) is 0 Å². The van der Waals surface area contributed by atoms with Crippen molar-refractivity contribution in [2.45, 2.75) is 52.2 Å². The summed E-state index contributed by atoms with van der Waals surface area (Å²) >= 11 is 0. The first-order valence-electron chi connectivity index (χ1n) is 7.64. The number of aliphatic hydroxyl groups excluding tert-OH is 1. The molecule has 0 amide bonds. The van der Waals surface area contributed by atoms with Crippen LogP contribution in [0.15, 0.2) is 18.2 Å². The number of esters is 1. The molecule has 1 N–H and O–H groups in total. The first-order chi connectivity index (χ1) is 10.5. The Labute approximate surface area is 132 Å². The Hall–Kier alpha value is -1.75. The van der Waals surface area contributed by atoms with Gasteiger partial charge in [0, 0.05) is 0 Å². The largest absolute Gasteiger partial charge is 0.493 e. The van der Waals surface area contributed by atoms with E-state index in [0.717, 1.165) is 5.56 Å². The van der Waals surface area contributed by atoms with E-state index in [9.17, 15) is 9.90 Å². The highest BCUT2D eigenvalue weighted by Crippen LogP contribution is 2.33. The van der Waals surface area contributed by atoms with Crippen LogP contribution in [0, 0.1) is 0 Å². The van der Waals surface area contributed by atoms with E-state index in [1.54, 1.807) is 14.0 Å². The minimum absolute atomic E-state index is 0.0121. The van der Waals surface area contributed by atoms with E-state index in [1.165, 1.54) is 0 Å². The van der Waals surface area contributed by atoms with Gasteiger partial charge < -0.3 is 19.3 Å². The van der Waals surface area contributed by atoms with Gasteiger partial charge in [-0.15, -0.1) is 0 Å². The van der Waals surface area contributed by atoms with Gasteiger partial charge in [0.2, 0.25) is 0 Å². The first-order valence-corrected chi connectivity index (χ1v) is 7.64. The van der Waals surface area contributed by atoms with Gasteiger partial charge in [0.25, 0.3) is 0 Å². The molecule has 0 aliphatic carbocycles. The molecule has 0 aliphatic heterocycles. The normalized spacial score (nSPS) is 12.1. The van der Waals surface area contributed by atoms with Gasteiger partial charge in [-0.25, -0.2) is 0 Å². The van der Waals surface area contributed by atoms with Gasteiger partial charge in [0.1, 0.15) is 0 Å². The third-order valence-electron chi connectivity index (χ3n) is 3.09. The van der Waals surface area contributed by atoms with Gasteiger partial charge in [-0.05, 0) is 45.2 Å². The van der Waals surface area contributed by atoms with E-state index in [-0.39, 0.29) is 18.5 Å². The molecular formula is C17H26O5. The number of hydrogen-bond acceptors (Lipinski definition) is 5. The van der Waals surface area contributed by atoms with Crippen LogP contribution in [0.5, 0.6) is 11.5 Å². The number of benzene rings is 1. The van der Waals surface area contributed by atoms with E-state index in [0.29, 0.717) is 30.9 Å². The Morgan fingerprint density at radius 3 is 2.64 bits per heavy atom. The van der Waals surface area contributed by atoms with Crippen molar-refractivity contribution in [2.24, 2.45) is 0 Å². The quantitative estimate of drug-likeness (QED) is 0.710. The number of carbonyl (C=O) groups is 1. The number of para-hydroxylation sites is 1. The molecule has 0 fully saturated rings. The molecule has 1 aromatic rings. The number of hydrogen-bond donors (Lipinski definition) is 1. The maximum absolute atomic E-state index is 11.4. The van der Waals surface area contributed by atoms with Crippen molar-refractivity contribution >= 4 is 5.97 Å². The number of rotatable bonds is 9. The number of ether oxygens (including phenoxy) is 3. The van der Waals surface area contributed by atoms with Gasteiger partial charge >= 0.3 is 5.97 Å². The molecule has 0 aliphatic rings. The summed E-state index contributed by atoms with van der Waals surface area (Å²) in [5.74, 6) is 0.994. The zero-order valence-electron chi connectivity index (χ0n) is 13.8. The lowest BCUT2D eigenvalue weighted by Gasteiger charge is -2.18. The third-order valence-corrected chi connectivity index (χ3v) is 3.09. The highest BCUT2D eigenvalue weighted by Gasteiger charge is 2.16. The maximum Gasteiger partial charge on any atom is 0.308 e. The van der Waals surface area contributed by atoms with E-state index in [2.05, 4.69) is 0 Å². The van der Waals surface area contributed by atoms with Crippen LogP contribution in [0.4, 0.5) is 0 Å². The summed E-state index contributed by atoms with van der Waals surface area (Å²) in [6.45, 7) is 5.97. The van der Waals surface area contributed by atoms with Crippen molar-refractivity contribution in [3.8, 4) is 11.5 Å². The highest BCUT2D eigenvalue weighted by molar-refractivity contribution is 5.69. The zero-order valence-corrected chi connectivity index (χ0v) is 13.8. The molecule has 0 aromatic heterocycles. The Morgan fingerprint density at radius 2 is 2.05 bits per heavy atom. The Balaban J connectivity index is 2.70. The number of carbonyl (C=O) groups excluding carboxylic acids is 1. The van der Waals surface area contributed by atoms with Crippen molar-refractivity contribution in [2.75, 3.05) is 13.7 Å². The fourth-order valence-corrected chi connectivity index (χ4v) is 2.12. The Kier molecular flexibility index (Phi) is 7.74. The minimum atomic E-state index is -0.725. The summed E-state index contributed by atoms with van der Waals surface area (Å²) < 4.78 is 16.0. The van der Waals surface area contributed by atoms with Gasteiger partial charge in [-0.1, -0.05) is 12.1 Å². The molecule has 1 unspecified atom stereocenters. The summed E-state index contributed by atoms with van der Waals surface area (Å²) in [6, 6.07) is 5.67. The first kappa shape index (κ1) is 18.3. The number of methoxy groups -OCH3 is 1. The molecule has 0 saturated heterocycles. The van der Waals surface area contributed by atoms with Gasteiger partial charge in [0.15, 0.2) is 11.5 Å². The maximum atomic E-state index is 11.4. The second-order valence-electron chi connectivity index (χ2n) is 5.32. The van der Waals surface area contributed by atoms with Crippen LogP contribution in [0.25, 0.3) is 0 Å². The SMILES string of the molecule is CCOC(=O)CC(O)CCc1cccc(OC)c1OC(C)C.